The molecule has 29 heavy (non-hydrogen) atoms. The zero-order valence-electron chi connectivity index (χ0n) is 15.8. The number of aryl methyl sites for hydroxylation is 1. The van der Waals surface area contributed by atoms with Crippen LogP contribution in [0.3, 0.4) is 0 Å². The normalized spacial score (nSPS) is 16.5. The fourth-order valence-corrected chi connectivity index (χ4v) is 3.22. The molecule has 0 aromatic heterocycles. The Morgan fingerprint density at radius 2 is 2.10 bits per heavy atom. The molecule has 12 heteroatoms. The van der Waals surface area contributed by atoms with Gasteiger partial charge in [0.05, 0.1) is 19.6 Å². The van der Waals surface area contributed by atoms with Crippen molar-refractivity contribution in [2.75, 3.05) is 19.6 Å². The maximum absolute atomic E-state index is 12.3. The minimum absolute atomic E-state index is 0. The number of halogens is 1. The summed E-state index contributed by atoms with van der Waals surface area (Å²) in [5.74, 6) is -1.66. The Bertz CT molecular complexity index is 803. The Labute approximate surface area is 173 Å². The van der Waals surface area contributed by atoms with Crippen LogP contribution < -0.4 is 20.4 Å². The second-order valence-electron chi connectivity index (χ2n) is 6.82. The van der Waals surface area contributed by atoms with Crippen molar-refractivity contribution >= 4 is 37.3 Å². The third-order valence-corrected chi connectivity index (χ3v) is 4.72. The van der Waals surface area contributed by atoms with Gasteiger partial charge in [-0.15, -0.1) is 12.4 Å². The predicted molar refractivity (Wildman–Crippen MR) is 105 cm³/mol. The number of benzene rings is 1. The molecule has 1 fully saturated rings. The Balaban J connectivity index is 0.00000300. The van der Waals surface area contributed by atoms with Gasteiger partial charge in [0.15, 0.2) is 0 Å². The van der Waals surface area contributed by atoms with Gasteiger partial charge in [0, 0.05) is 0 Å². The molecule has 0 aliphatic carbocycles. The molecular weight excluding hydrogens is 404 g/mol. The fraction of sp³-hybridized carbons (Fsp3) is 0.471. The number of carboxylic acid groups (broad SMARTS) is 1. The highest BCUT2D eigenvalue weighted by Crippen LogP contribution is 2.37. The number of fused-ring (bicyclic) bond motifs is 1. The fourth-order valence-electron chi connectivity index (χ4n) is 3.22. The van der Waals surface area contributed by atoms with Gasteiger partial charge in [-0.1, -0.05) is 6.07 Å². The van der Waals surface area contributed by atoms with Crippen molar-refractivity contribution in [1.29, 1.82) is 0 Å². The van der Waals surface area contributed by atoms with E-state index in [9.17, 15) is 24.5 Å². The van der Waals surface area contributed by atoms with Crippen LogP contribution in [-0.2, 0) is 16.0 Å². The largest absolute Gasteiger partial charge is 0.535 e. The first-order valence-corrected chi connectivity index (χ1v) is 8.99. The summed E-state index contributed by atoms with van der Waals surface area (Å²) in [6.07, 6.45) is 0.519. The molecule has 1 atom stereocenters. The summed E-state index contributed by atoms with van der Waals surface area (Å²) in [7, 11) is -1.05. The number of amides is 2. The van der Waals surface area contributed by atoms with E-state index in [-0.39, 0.29) is 61.1 Å². The van der Waals surface area contributed by atoms with Crippen molar-refractivity contribution in [2.24, 2.45) is 5.73 Å². The number of hydrogen-bond donors (Lipinski definition) is 4. The Morgan fingerprint density at radius 1 is 1.41 bits per heavy atom. The molecule has 0 radical (unpaired) electrons. The average molecular weight is 428 g/mol. The predicted octanol–water partition coefficient (Wildman–Crippen LogP) is -0.725. The standard InChI is InChI=1S/C17H22BN3O7.ClH/c1-9(20-13(22)6-19)16(23)21-7-11(8-21)27-12-3-2-10-4-5-18(26)28-15(10)14(12)17(24)25;/h2-3,9,11,26H,4-8,19H2,1H3,(H,20,22)(H,24,25);1H/t9-;/m1./s1. The van der Waals surface area contributed by atoms with Crippen molar-refractivity contribution in [3.63, 3.8) is 0 Å². The topological polar surface area (TPSA) is 151 Å². The van der Waals surface area contributed by atoms with E-state index in [1.54, 1.807) is 19.1 Å². The molecule has 0 spiro atoms. The van der Waals surface area contributed by atoms with Gasteiger partial charge in [-0.2, -0.15) is 0 Å². The van der Waals surface area contributed by atoms with E-state index in [1.165, 1.54) is 4.90 Å². The van der Waals surface area contributed by atoms with Crippen molar-refractivity contribution in [1.82, 2.24) is 10.2 Å². The van der Waals surface area contributed by atoms with Crippen LogP contribution in [0.4, 0.5) is 0 Å². The lowest BCUT2D eigenvalue weighted by atomic mass is 9.78. The van der Waals surface area contributed by atoms with Crippen LogP contribution in [0, 0.1) is 0 Å². The van der Waals surface area contributed by atoms with Crippen LogP contribution in [0.2, 0.25) is 6.32 Å². The number of nitrogens with one attached hydrogen (secondary N) is 1. The van der Waals surface area contributed by atoms with Crippen molar-refractivity contribution in [3.8, 4) is 11.5 Å². The number of carboxylic acids is 1. The second kappa shape index (κ2) is 9.34. The first kappa shape index (κ1) is 22.8. The molecule has 2 heterocycles. The third-order valence-electron chi connectivity index (χ3n) is 4.72. The van der Waals surface area contributed by atoms with Gasteiger partial charge in [-0.25, -0.2) is 4.79 Å². The highest BCUT2D eigenvalue weighted by molar-refractivity contribution is 6.44. The molecule has 0 bridgehead atoms. The number of nitrogens with zero attached hydrogens (tertiary/aromatic N) is 1. The SMILES string of the molecule is C[C@@H](NC(=O)CN)C(=O)N1CC(Oc2ccc3c(c2C(=O)O)OB(O)CC3)C1.Cl. The first-order chi connectivity index (χ1) is 13.3. The highest BCUT2D eigenvalue weighted by atomic mass is 35.5. The lowest BCUT2D eigenvalue weighted by Gasteiger charge is -2.40. The lowest BCUT2D eigenvalue weighted by Crippen LogP contribution is -2.60. The maximum Gasteiger partial charge on any atom is 0.522 e. The number of hydrogen-bond acceptors (Lipinski definition) is 7. The molecule has 1 aromatic carbocycles. The van der Waals surface area contributed by atoms with E-state index in [2.05, 4.69) is 5.32 Å². The summed E-state index contributed by atoms with van der Waals surface area (Å²) in [5.41, 5.74) is 5.78. The van der Waals surface area contributed by atoms with E-state index >= 15 is 0 Å². The number of nitrogens with two attached hydrogens (primary N) is 1. The summed E-state index contributed by atoms with van der Waals surface area (Å²) >= 11 is 0. The van der Waals surface area contributed by atoms with Crippen LogP contribution in [0.25, 0.3) is 0 Å². The van der Waals surface area contributed by atoms with Crippen LogP contribution in [0.1, 0.15) is 22.8 Å². The van der Waals surface area contributed by atoms with E-state index in [0.29, 0.717) is 18.3 Å². The van der Waals surface area contributed by atoms with Crippen molar-refractivity contribution in [2.45, 2.75) is 31.8 Å². The van der Waals surface area contributed by atoms with Gasteiger partial charge >= 0.3 is 13.1 Å². The minimum Gasteiger partial charge on any atom is -0.535 e. The lowest BCUT2D eigenvalue weighted by molar-refractivity contribution is -0.143. The minimum atomic E-state index is -1.22. The zero-order chi connectivity index (χ0) is 20.4. The summed E-state index contributed by atoms with van der Waals surface area (Å²) in [6, 6.07) is 2.58. The molecule has 2 aliphatic heterocycles. The molecule has 0 unspecified atom stereocenters. The van der Waals surface area contributed by atoms with E-state index < -0.39 is 25.0 Å². The van der Waals surface area contributed by atoms with E-state index in [1.807, 2.05) is 0 Å². The van der Waals surface area contributed by atoms with Gasteiger partial charge in [-0.05, 0) is 31.3 Å². The third kappa shape index (κ3) is 4.92. The Kier molecular flexibility index (Phi) is 7.34. The maximum atomic E-state index is 12.3. The van der Waals surface area contributed by atoms with Gasteiger partial charge < -0.3 is 35.5 Å². The molecule has 10 nitrogen and oxygen atoms in total. The Morgan fingerprint density at radius 3 is 2.72 bits per heavy atom. The Hall–Kier alpha value is -2.50. The number of carbonyl (C=O) groups is 3. The smallest absolute Gasteiger partial charge is 0.522 e. The number of rotatable bonds is 6. The van der Waals surface area contributed by atoms with Crippen LogP contribution in [0.5, 0.6) is 11.5 Å². The molecule has 158 valence electrons. The monoisotopic (exact) mass is 427 g/mol. The number of likely N-dealkylation sites (tertiary alicyclic amines) is 1. The van der Waals surface area contributed by atoms with Crippen LogP contribution in [-0.4, -0.2) is 71.7 Å². The number of ether oxygens (including phenoxy) is 1. The van der Waals surface area contributed by atoms with Gasteiger partial charge in [0.25, 0.3) is 0 Å². The molecule has 3 rings (SSSR count). The summed E-state index contributed by atoms with van der Waals surface area (Å²) in [5, 5.41) is 21.7. The van der Waals surface area contributed by atoms with Gasteiger partial charge in [-0.3, -0.25) is 9.59 Å². The van der Waals surface area contributed by atoms with Crippen molar-refractivity contribution in [3.05, 3.63) is 23.3 Å². The summed E-state index contributed by atoms with van der Waals surface area (Å²) in [4.78, 5) is 36.8. The first-order valence-electron chi connectivity index (χ1n) is 8.99. The summed E-state index contributed by atoms with van der Waals surface area (Å²) < 4.78 is 11.1. The quantitative estimate of drug-likeness (QED) is 0.434. The molecule has 2 aliphatic rings. The van der Waals surface area contributed by atoms with Gasteiger partial charge in [0.1, 0.15) is 29.2 Å². The zero-order valence-corrected chi connectivity index (χ0v) is 16.6. The number of carbonyl (C=O) groups excluding carboxylic acids is 2. The molecule has 5 N–H and O–H groups in total. The van der Waals surface area contributed by atoms with Crippen LogP contribution in [0.15, 0.2) is 12.1 Å². The average Bonchev–Trinajstić information content (AvgIpc) is 2.62. The van der Waals surface area contributed by atoms with E-state index in [4.69, 9.17) is 15.1 Å². The highest BCUT2D eigenvalue weighted by Gasteiger charge is 2.37. The molecule has 1 aromatic rings. The van der Waals surface area contributed by atoms with Crippen molar-refractivity contribution < 1.29 is 33.9 Å². The number of aromatic carboxylic acids is 1. The molecule has 1 saturated heterocycles. The molecular formula is C17H23BClN3O7. The molecule has 2 amide bonds. The summed E-state index contributed by atoms with van der Waals surface area (Å²) in [6.45, 7) is 1.90. The second-order valence-corrected chi connectivity index (χ2v) is 6.82. The van der Waals surface area contributed by atoms with Gasteiger partial charge in [0.2, 0.25) is 11.8 Å². The van der Waals surface area contributed by atoms with E-state index in [0.717, 1.165) is 0 Å². The van der Waals surface area contributed by atoms with Crippen LogP contribution >= 0.6 is 12.4 Å². The molecule has 0 saturated carbocycles.